The summed E-state index contributed by atoms with van der Waals surface area (Å²) in [5.41, 5.74) is -0.256. The van der Waals surface area contributed by atoms with Gasteiger partial charge in [0, 0.05) is 18.5 Å². The van der Waals surface area contributed by atoms with E-state index in [1.54, 1.807) is 12.1 Å². The summed E-state index contributed by atoms with van der Waals surface area (Å²) < 4.78 is 0. The standard InChI is InChI=1S/C11H7N3O3/c15-10(11-12-6-3-7-13-11)8-4-1-2-5-9(8)14(16)17/h1-7H. The lowest BCUT2D eigenvalue weighted by Crippen LogP contribution is -2.08. The molecule has 2 rings (SSSR count). The van der Waals surface area contributed by atoms with Crippen LogP contribution < -0.4 is 0 Å². The van der Waals surface area contributed by atoms with Crippen LogP contribution in [0.2, 0.25) is 0 Å². The largest absolute Gasteiger partial charge is 0.285 e. The van der Waals surface area contributed by atoms with Crippen LogP contribution in [0.3, 0.4) is 0 Å². The molecule has 84 valence electrons. The number of aromatic nitrogens is 2. The topological polar surface area (TPSA) is 86.0 Å². The molecular weight excluding hydrogens is 222 g/mol. The van der Waals surface area contributed by atoms with Crippen LogP contribution in [0.1, 0.15) is 16.2 Å². The van der Waals surface area contributed by atoms with Gasteiger partial charge in [-0.2, -0.15) is 0 Å². The third-order valence-corrected chi connectivity index (χ3v) is 2.11. The van der Waals surface area contributed by atoms with Crippen molar-refractivity contribution in [1.29, 1.82) is 0 Å². The first-order valence-corrected chi connectivity index (χ1v) is 4.75. The maximum Gasteiger partial charge on any atom is 0.280 e. The van der Waals surface area contributed by atoms with Gasteiger partial charge >= 0.3 is 0 Å². The van der Waals surface area contributed by atoms with Crippen molar-refractivity contribution in [2.75, 3.05) is 0 Å². The molecule has 0 amide bonds. The zero-order valence-electron chi connectivity index (χ0n) is 8.61. The maximum absolute atomic E-state index is 11.9. The van der Waals surface area contributed by atoms with Gasteiger partial charge in [0.2, 0.25) is 11.6 Å². The Kier molecular flexibility index (Phi) is 2.87. The summed E-state index contributed by atoms with van der Waals surface area (Å²) in [5, 5.41) is 10.8. The summed E-state index contributed by atoms with van der Waals surface area (Å²) in [4.78, 5) is 29.7. The first kappa shape index (κ1) is 10.9. The van der Waals surface area contributed by atoms with Crippen molar-refractivity contribution in [2.45, 2.75) is 0 Å². The lowest BCUT2D eigenvalue weighted by Gasteiger charge is -2.00. The van der Waals surface area contributed by atoms with E-state index in [0.717, 1.165) is 0 Å². The van der Waals surface area contributed by atoms with Gasteiger partial charge in [-0.25, -0.2) is 9.97 Å². The van der Waals surface area contributed by atoms with Gasteiger partial charge < -0.3 is 0 Å². The second-order valence-corrected chi connectivity index (χ2v) is 3.18. The van der Waals surface area contributed by atoms with E-state index in [-0.39, 0.29) is 17.1 Å². The molecular formula is C11H7N3O3. The van der Waals surface area contributed by atoms with Crippen LogP contribution in [0.4, 0.5) is 5.69 Å². The zero-order valence-corrected chi connectivity index (χ0v) is 8.61. The molecule has 6 heteroatoms. The van der Waals surface area contributed by atoms with E-state index in [2.05, 4.69) is 9.97 Å². The maximum atomic E-state index is 11.9. The van der Waals surface area contributed by atoms with Gasteiger partial charge in [-0.3, -0.25) is 14.9 Å². The number of hydrogen-bond acceptors (Lipinski definition) is 5. The molecule has 17 heavy (non-hydrogen) atoms. The predicted molar refractivity (Wildman–Crippen MR) is 58.6 cm³/mol. The van der Waals surface area contributed by atoms with Gasteiger partial charge in [-0.1, -0.05) is 12.1 Å². The Morgan fingerprint density at radius 3 is 2.41 bits per heavy atom. The summed E-state index contributed by atoms with van der Waals surface area (Å²) in [6, 6.07) is 7.28. The zero-order chi connectivity index (χ0) is 12.3. The van der Waals surface area contributed by atoms with E-state index in [0.29, 0.717) is 0 Å². The number of rotatable bonds is 3. The third-order valence-electron chi connectivity index (χ3n) is 2.11. The molecule has 0 aliphatic rings. The highest BCUT2D eigenvalue weighted by atomic mass is 16.6. The molecule has 0 unspecified atom stereocenters. The van der Waals surface area contributed by atoms with Crippen molar-refractivity contribution in [1.82, 2.24) is 9.97 Å². The number of nitro benzene ring substituents is 1. The van der Waals surface area contributed by atoms with Crippen LogP contribution in [-0.2, 0) is 0 Å². The molecule has 0 atom stereocenters. The van der Waals surface area contributed by atoms with Gasteiger partial charge in [0.25, 0.3) is 5.69 Å². The van der Waals surface area contributed by atoms with Crippen LogP contribution in [0, 0.1) is 10.1 Å². The molecule has 0 radical (unpaired) electrons. The number of hydrogen-bond donors (Lipinski definition) is 0. The van der Waals surface area contributed by atoms with Crippen molar-refractivity contribution >= 4 is 11.5 Å². The third kappa shape index (κ3) is 2.15. The molecule has 0 aliphatic heterocycles. The van der Waals surface area contributed by atoms with E-state index < -0.39 is 10.7 Å². The predicted octanol–water partition coefficient (Wildman–Crippen LogP) is 1.62. The number of para-hydroxylation sites is 1. The van der Waals surface area contributed by atoms with Crippen LogP contribution in [0.25, 0.3) is 0 Å². The molecule has 0 fully saturated rings. The molecule has 1 heterocycles. The Morgan fingerprint density at radius 1 is 1.12 bits per heavy atom. The van der Waals surface area contributed by atoms with Crippen molar-refractivity contribution < 1.29 is 9.72 Å². The number of nitro groups is 1. The molecule has 0 spiro atoms. The fraction of sp³-hybridized carbons (Fsp3) is 0. The van der Waals surface area contributed by atoms with Gasteiger partial charge in [-0.15, -0.1) is 0 Å². The lowest BCUT2D eigenvalue weighted by molar-refractivity contribution is -0.385. The first-order valence-electron chi connectivity index (χ1n) is 4.75. The smallest absolute Gasteiger partial charge is 0.280 e. The Bertz CT molecular complexity index is 569. The minimum Gasteiger partial charge on any atom is -0.285 e. The Labute approximate surface area is 96.1 Å². The molecule has 0 aliphatic carbocycles. The number of carbonyl (C=O) groups excluding carboxylic acids is 1. The van der Waals surface area contributed by atoms with E-state index in [4.69, 9.17) is 0 Å². The quantitative estimate of drug-likeness (QED) is 0.453. The average molecular weight is 229 g/mol. The molecule has 6 nitrogen and oxygen atoms in total. The Balaban J connectivity index is 2.48. The molecule has 2 aromatic rings. The minimum absolute atomic E-state index is 0.0105. The van der Waals surface area contributed by atoms with Crippen molar-refractivity contribution in [3.05, 3.63) is 64.2 Å². The van der Waals surface area contributed by atoms with Crippen LogP contribution in [0.5, 0.6) is 0 Å². The minimum atomic E-state index is -0.601. The fourth-order valence-corrected chi connectivity index (χ4v) is 1.36. The summed E-state index contributed by atoms with van der Waals surface area (Å²) in [5.74, 6) is -0.611. The molecule has 0 bridgehead atoms. The average Bonchev–Trinajstić information content (AvgIpc) is 2.39. The second-order valence-electron chi connectivity index (χ2n) is 3.18. The monoisotopic (exact) mass is 229 g/mol. The second kappa shape index (κ2) is 4.48. The summed E-state index contributed by atoms with van der Waals surface area (Å²) in [7, 11) is 0. The Morgan fingerprint density at radius 2 is 1.76 bits per heavy atom. The summed E-state index contributed by atoms with van der Waals surface area (Å²) in [6.45, 7) is 0. The highest BCUT2D eigenvalue weighted by Gasteiger charge is 2.21. The summed E-state index contributed by atoms with van der Waals surface area (Å²) in [6.07, 6.45) is 2.82. The lowest BCUT2D eigenvalue weighted by atomic mass is 10.1. The van der Waals surface area contributed by atoms with Gasteiger partial charge in [-0.05, 0) is 12.1 Å². The Hall–Kier alpha value is -2.63. The number of carbonyl (C=O) groups is 1. The molecule has 1 aromatic carbocycles. The highest BCUT2D eigenvalue weighted by molar-refractivity contribution is 6.09. The molecule has 0 saturated carbocycles. The molecule has 0 N–H and O–H groups in total. The number of benzene rings is 1. The van der Waals surface area contributed by atoms with E-state index in [1.165, 1.54) is 30.6 Å². The van der Waals surface area contributed by atoms with Gasteiger partial charge in [0.1, 0.15) is 5.56 Å². The van der Waals surface area contributed by atoms with Gasteiger partial charge in [0.15, 0.2) is 0 Å². The number of nitrogens with zero attached hydrogens (tertiary/aromatic N) is 3. The molecule has 1 aromatic heterocycles. The van der Waals surface area contributed by atoms with E-state index in [9.17, 15) is 14.9 Å². The van der Waals surface area contributed by atoms with Crippen molar-refractivity contribution in [2.24, 2.45) is 0 Å². The fourth-order valence-electron chi connectivity index (χ4n) is 1.36. The van der Waals surface area contributed by atoms with E-state index >= 15 is 0 Å². The normalized spacial score (nSPS) is 9.88. The van der Waals surface area contributed by atoms with Gasteiger partial charge in [0.05, 0.1) is 4.92 Å². The van der Waals surface area contributed by atoms with Crippen LogP contribution in [-0.4, -0.2) is 20.7 Å². The van der Waals surface area contributed by atoms with Crippen LogP contribution in [0.15, 0.2) is 42.7 Å². The van der Waals surface area contributed by atoms with E-state index in [1.807, 2.05) is 0 Å². The van der Waals surface area contributed by atoms with Crippen molar-refractivity contribution in [3.8, 4) is 0 Å². The van der Waals surface area contributed by atoms with Crippen molar-refractivity contribution in [3.63, 3.8) is 0 Å². The summed E-state index contributed by atoms with van der Waals surface area (Å²) >= 11 is 0. The first-order chi connectivity index (χ1) is 8.20. The molecule has 0 saturated heterocycles. The number of ketones is 1. The SMILES string of the molecule is O=C(c1ncccn1)c1ccccc1[N+](=O)[O-]. The van der Waals surface area contributed by atoms with Crippen LogP contribution >= 0.6 is 0 Å². The highest BCUT2D eigenvalue weighted by Crippen LogP contribution is 2.19.